The van der Waals surface area contributed by atoms with E-state index in [4.69, 9.17) is 0 Å². The molecule has 2 amide bonds. The van der Waals surface area contributed by atoms with Crippen LogP contribution in [0.25, 0.3) is 0 Å². The predicted octanol–water partition coefficient (Wildman–Crippen LogP) is 2.06. The van der Waals surface area contributed by atoms with Crippen LogP contribution in [0.5, 0.6) is 0 Å². The van der Waals surface area contributed by atoms with Crippen molar-refractivity contribution in [1.29, 1.82) is 0 Å². The summed E-state index contributed by atoms with van der Waals surface area (Å²) in [5, 5.41) is 6.87. The van der Waals surface area contributed by atoms with Crippen LogP contribution in [0.15, 0.2) is 16.8 Å². The minimum absolute atomic E-state index is 0.132. The number of piperazine rings is 1. The third-order valence-corrected chi connectivity index (χ3v) is 5.19. The van der Waals surface area contributed by atoms with Gasteiger partial charge in [-0.2, -0.15) is 11.3 Å². The average Bonchev–Trinajstić information content (AvgIpc) is 3.10. The van der Waals surface area contributed by atoms with Gasteiger partial charge in [-0.1, -0.05) is 13.8 Å². The summed E-state index contributed by atoms with van der Waals surface area (Å²) in [4.78, 5) is 28.4. The normalized spacial score (nSPS) is 15.9. The lowest BCUT2D eigenvalue weighted by molar-refractivity contribution is -0.125. The Hall–Kier alpha value is -1.40. The molecule has 0 unspecified atom stereocenters. The van der Waals surface area contributed by atoms with Crippen LogP contribution in [0, 0.1) is 5.92 Å². The highest BCUT2D eigenvalue weighted by Crippen LogP contribution is 2.12. The van der Waals surface area contributed by atoms with Crippen molar-refractivity contribution in [3.8, 4) is 0 Å². The molecule has 1 fully saturated rings. The Balaban J connectivity index is 1.67. The zero-order valence-electron chi connectivity index (χ0n) is 14.1. The van der Waals surface area contributed by atoms with Crippen LogP contribution in [0.2, 0.25) is 0 Å². The molecule has 0 radical (unpaired) electrons. The summed E-state index contributed by atoms with van der Waals surface area (Å²) in [7, 11) is 0. The van der Waals surface area contributed by atoms with Gasteiger partial charge >= 0.3 is 0 Å². The summed E-state index contributed by atoms with van der Waals surface area (Å²) in [6.07, 6.45) is 1.79. The molecular weight excluding hydrogens is 310 g/mol. The number of carbonyl (C=O) groups is 2. The van der Waals surface area contributed by atoms with Gasteiger partial charge in [0.2, 0.25) is 5.91 Å². The molecule has 5 nitrogen and oxygen atoms in total. The average molecular weight is 337 g/mol. The Bertz CT molecular complexity index is 492. The Labute approximate surface area is 142 Å². The molecule has 1 N–H and O–H groups in total. The van der Waals surface area contributed by atoms with Gasteiger partial charge in [0, 0.05) is 50.6 Å². The molecular formula is C17H27N3O2S. The number of rotatable bonds is 7. The summed E-state index contributed by atoms with van der Waals surface area (Å²) in [6, 6.07) is 1.88. The van der Waals surface area contributed by atoms with Crippen molar-refractivity contribution < 1.29 is 9.59 Å². The molecule has 128 valence electrons. The number of carbonyl (C=O) groups excluding carboxylic acids is 2. The molecule has 0 atom stereocenters. The van der Waals surface area contributed by atoms with Crippen LogP contribution in [0.1, 0.15) is 37.0 Å². The molecule has 23 heavy (non-hydrogen) atoms. The second-order valence-corrected chi connectivity index (χ2v) is 6.73. The smallest absolute Gasteiger partial charge is 0.254 e. The van der Waals surface area contributed by atoms with E-state index in [1.54, 1.807) is 11.3 Å². The van der Waals surface area contributed by atoms with Crippen LogP contribution in [-0.4, -0.2) is 60.9 Å². The zero-order chi connectivity index (χ0) is 16.7. The van der Waals surface area contributed by atoms with E-state index in [1.807, 2.05) is 21.7 Å². The van der Waals surface area contributed by atoms with E-state index in [9.17, 15) is 9.59 Å². The lowest BCUT2D eigenvalue weighted by Crippen LogP contribution is -2.50. The van der Waals surface area contributed by atoms with Gasteiger partial charge in [-0.05, 0) is 24.3 Å². The van der Waals surface area contributed by atoms with E-state index >= 15 is 0 Å². The Morgan fingerprint density at radius 1 is 1.22 bits per heavy atom. The molecule has 2 rings (SSSR count). The number of hydrogen-bond acceptors (Lipinski definition) is 4. The second kappa shape index (κ2) is 9.03. The SMILES string of the molecule is CCC(CC)C(=O)NCCN1CCN(C(=O)c2ccsc2)CC1. The summed E-state index contributed by atoms with van der Waals surface area (Å²) < 4.78 is 0. The topological polar surface area (TPSA) is 52.7 Å². The van der Waals surface area contributed by atoms with Crippen LogP contribution < -0.4 is 5.32 Å². The van der Waals surface area contributed by atoms with E-state index in [0.29, 0.717) is 6.54 Å². The first-order chi connectivity index (χ1) is 11.2. The molecule has 1 aromatic heterocycles. The van der Waals surface area contributed by atoms with E-state index in [-0.39, 0.29) is 17.7 Å². The molecule has 1 saturated heterocycles. The number of amides is 2. The number of nitrogens with one attached hydrogen (secondary N) is 1. The number of thiophene rings is 1. The van der Waals surface area contributed by atoms with E-state index in [2.05, 4.69) is 24.1 Å². The van der Waals surface area contributed by atoms with E-state index in [0.717, 1.165) is 51.1 Å². The summed E-state index contributed by atoms with van der Waals surface area (Å²) in [5.74, 6) is 0.435. The van der Waals surface area contributed by atoms with Crippen molar-refractivity contribution in [3.63, 3.8) is 0 Å². The summed E-state index contributed by atoms with van der Waals surface area (Å²) in [5.41, 5.74) is 0.792. The lowest BCUT2D eigenvalue weighted by atomic mass is 10.0. The molecule has 1 aliphatic rings. The Morgan fingerprint density at radius 3 is 2.48 bits per heavy atom. The maximum atomic E-state index is 12.3. The number of nitrogens with zero attached hydrogens (tertiary/aromatic N) is 2. The van der Waals surface area contributed by atoms with Crippen molar-refractivity contribution in [1.82, 2.24) is 15.1 Å². The van der Waals surface area contributed by atoms with E-state index in [1.165, 1.54) is 0 Å². The standard InChI is InChI=1S/C17H27N3O2S/c1-3-14(4-2)16(21)18-6-7-19-8-10-20(11-9-19)17(22)15-5-12-23-13-15/h5,12-14H,3-4,6-11H2,1-2H3,(H,18,21). The third kappa shape index (κ3) is 5.04. The van der Waals surface area contributed by atoms with Crippen LogP contribution >= 0.6 is 11.3 Å². The highest BCUT2D eigenvalue weighted by atomic mass is 32.1. The highest BCUT2D eigenvalue weighted by molar-refractivity contribution is 7.08. The summed E-state index contributed by atoms with van der Waals surface area (Å²) in [6.45, 7) is 8.91. The van der Waals surface area contributed by atoms with Crippen LogP contribution in [0.3, 0.4) is 0 Å². The molecule has 0 aliphatic carbocycles. The molecule has 0 spiro atoms. The van der Waals surface area contributed by atoms with Gasteiger partial charge in [-0.15, -0.1) is 0 Å². The maximum Gasteiger partial charge on any atom is 0.254 e. The van der Waals surface area contributed by atoms with E-state index < -0.39 is 0 Å². The minimum atomic E-state index is 0.132. The lowest BCUT2D eigenvalue weighted by Gasteiger charge is -2.34. The Morgan fingerprint density at radius 2 is 1.91 bits per heavy atom. The molecule has 0 aromatic carbocycles. The van der Waals surface area contributed by atoms with Crippen molar-refractivity contribution >= 4 is 23.2 Å². The van der Waals surface area contributed by atoms with Gasteiger partial charge in [0.05, 0.1) is 5.56 Å². The van der Waals surface area contributed by atoms with Gasteiger partial charge in [0.1, 0.15) is 0 Å². The fourth-order valence-electron chi connectivity index (χ4n) is 2.88. The maximum absolute atomic E-state index is 12.3. The minimum Gasteiger partial charge on any atom is -0.355 e. The van der Waals surface area contributed by atoms with Crippen molar-refractivity contribution in [2.75, 3.05) is 39.3 Å². The molecule has 2 heterocycles. The van der Waals surface area contributed by atoms with Crippen LogP contribution in [0.4, 0.5) is 0 Å². The second-order valence-electron chi connectivity index (χ2n) is 5.95. The molecule has 0 saturated carbocycles. The van der Waals surface area contributed by atoms with Gasteiger partial charge in [-0.3, -0.25) is 14.5 Å². The highest BCUT2D eigenvalue weighted by Gasteiger charge is 2.22. The van der Waals surface area contributed by atoms with Crippen molar-refractivity contribution in [2.45, 2.75) is 26.7 Å². The van der Waals surface area contributed by atoms with Crippen LogP contribution in [-0.2, 0) is 4.79 Å². The predicted molar refractivity (Wildman–Crippen MR) is 93.7 cm³/mol. The first kappa shape index (κ1) is 17.9. The van der Waals surface area contributed by atoms with Crippen molar-refractivity contribution in [3.05, 3.63) is 22.4 Å². The quantitative estimate of drug-likeness (QED) is 0.828. The van der Waals surface area contributed by atoms with Gasteiger partial charge < -0.3 is 10.2 Å². The third-order valence-electron chi connectivity index (χ3n) is 4.51. The molecule has 1 aliphatic heterocycles. The summed E-state index contributed by atoms with van der Waals surface area (Å²) >= 11 is 1.55. The van der Waals surface area contributed by atoms with Gasteiger partial charge in [-0.25, -0.2) is 0 Å². The monoisotopic (exact) mass is 337 g/mol. The van der Waals surface area contributed by atoms with Crippen molar-refractivity contribution in [2.24, 2.45) is 5.92 Å². The van der Waals surface area contributed by atoms with Gasteiger partial charge in [0.25, 0.3) is 5.91 Å². The first-order valence-corrected chi connectivity index (χ1v) is 9.41. The molecule has 1 aromatic rings. The molecule has 0 bridgehead atoms. The zero-order valence-corrected chi connectivity index (χ0v) is 14.9. The first-order valence-electron chi connectivity index (χ1n) is 8.47. The largest absolute Gasteiger partial charge is 0.355 e. The number of hydrogen-bond donors (Lipinski definition) is 1. The molecule has 6 heteroatoms. The fourth-order valence-corrected chi connectivity index (χ4v) is 3.51. The Kier molecular flexibility index (Phi) is 7.05. The van der Waals surface area contributed by atoms with Gasteiger partial charge in [0.15, 0.2) is 0 Å². The fraction of sp³-hybridized carbons (Fsp3) is 0.647.